The van der Waals surface area contributed by atoms with E-state index in [1.54, 1.807) is 18.2 Å². The molecule has 3 N–H and O–H groups in total. The summed E-state index contributed by atoms with van der Waals surface area (Å²) in [6.45, 7) is 0. The summed E-state index contributed by atoms with van der Waals surface area (Å²) in [7, 11) is -4.47. The molecule has 0 unspecified atom stereocenters. The SMILES string of the molecule is Nc1ccc(N=Nc2ccc(N=Nc3ccccc3)c3ccccc23)c2cccc(S(=O)(=O)O)c12. The molecule has 0 spiro atoms. The predicted molar refractivity (Wildman–Crippen MR) is 137 cm³/mol. The molecule has 0 bridgehead atoms. The van der Waals surface area contributed by atoms with Gasteiger partial charge in [-0.1, -0.05) is 54.6 Å². The van der Waals surface area contributed by atoms with Crippen molar-refractivity contribution in [3.8, 4) is 0 Å². The van der Waals surface area contributed by atoms with Crippen molar-refractivity contribution in [2.45, 2.75) is 4.90 Å². The van der Waals surface area contributed by atoms with Crippen molar-refractivity contribution in [2.24, 2.45) is 20.5 Å². The number of azo groups is 2. The highest BCUT2D eigenvalue weighted by atomic mass is 32.2. The molecular formula is C26H19N5O3S. The summed E-state index contributed by atoms with van der Waals surface area (Å²) in [5, 5.41) is 19.9. The van der Waals surface area contributed by atoms with Crippen LogP contribution in [-0.2, 0) is 10.1 Å². The second kappa shape index (κ2) is 9.05. The Labute approximate surface area is 201 Å². The summed E-state index contributed by atoms with van der Waals surface area (Å²) in [4.78, 5) is -0.275. The fourth-order valence-electron chi connectivity index (χ4n) is 3.84. The monoisotopic (exact) mass is 481 g/mol. The second-order valence-electron chi connectivity index (χ2n) is 7.71. The normalized spacial score (nSPS) is 12.3. The molecule has 0 saturated heterocycles. The third-order valence-electron chi connectivity index (χ3n) is 5.46. The van der Waals surface area contributed by atoms with Crippen LogP contribution in [-0.4, -0.2) is 13.0 Å². The molecule has 5 rings (SSSR count). The van der Waals surface area contributed by atoms with E-state index in [-0.39, 0.29) is 16.0 Å². The van der Waals surface area contributed by atoms with Crippen LogP contribution in [0.4, 0.5) is 28.4 Å². The maximum absolute atomic E-state index is 11.8. The third-order valence-corrected chi connectivity index (χ3v) is 6.36. The van der Waals surface area contributed by atoms with Crippen LogP contribution in [0.15, 0.2) is 122 Å². The second-order valence-corrected chi connectivity index (χ2v) is 9.10. The van der Waals surface area contributed by atoms with Crippen molar-refractivity contribution in [3.05, 3.63) is 97.1 Å². The highest BCUT2D eigenvalue weighted by Crippen LogP contribution is 2.38. The van der Waals surface area contributed by atoms with E-state index in [0.717, 1.165) is 16.5 Å². The summed E-state index contributed by atoms with van der Waals surface area (Å²) in [5.41, 5.74) is 8.70. The Morgan fingerprint density at radius 3 is 1.71 bits per heavy atom. The minimum atomic E-state index is -4.47. The zero-order valence-corrected chi connectivity index (χ0v) is 19.1. The molecule has 9 heteroatoms. The molecule has 8 nitrogen and oxygen atoms in total. The van der Waals surface area contributed by atoms with Crippen molar-refractivity contribution in [1.29, 1.82) is 0 Å². The molecular weight excluding hydrogens is 462 g/mol. The van der Waals surface area contributed by atoms with E-state index in [1.807, 2.05) is 60.7 Å². The minimum Gasteiger partial charge on any atom is -0.398 e. The van der Waals surface area contributed by atoms with Gasteiger partial charge in [-0.05, 0) is 42.5 Å². The Balaban J connectivity index is 1.58. The van der Waals surface area contributed by atoms with Crippen LogP contribution in [0, 0.1) is 0 Å². The zero-order chi connectivity index (χ0) is 24.4. The Morgan fingerprint density at radius 2 is 1.09 bits per heavy atom. The number of hydrogen-bond acceptors (Lipinski definition) is 7. The Kier molecular flexibility index (Phi) is 5.77. The molecule has 0 aliphatic carbocycles. The first-order chi connectivity index (χ1) is 16.9. The smallest absolute Gasteiger partial charge is 0.295 e. The van der Waals surface area contributed by atoms with Crippen molar-refractivity contribution < 1.29 is 13.0 Å². The number of anilines is 1. The maximum Gasteiger partial charge on any atom is 0.295 e. The Hall–Kier alpha value is -4.47. The van der Waals surface area contributed by atoms with Crippen molar-refractivity contribution in [2.75, 3.05) is 5.73 Å². The summed E-state index contributed by atoms with van der Waals surface area (Å²) >= 11 is 0. The van der Waals surface area contributed by atoms with Gasteiger partial charge in [-0.15, -0.1) is 15.3 Å². The summed E-state index contributed by atoms with van der Waals surface area (Å²) in [6, 6.07) is 28.4. The standard InChI is InChI=1S/C26H19N5O3S/c27-21-13-14-24(20-11-6-12-25(26(20)21)35(32,33)34)31-30-23-16-15-22(18-9-4-5-10-19(18)23)29-28-17-7-2-1-3-8-17/h1-16H,27H2,(H,32,33,34). The van der Waals surface area contributed by atoms with Gasteiger partial charge in [0.25, 0.3) is 10.1 Å². The van der Waals surface area contributed by atoms with Crippen LogP contribution in [0.3, 0.4) is 0 Å². The predicted octanol–water partition coefficient (Wildman–Crippen LogP) is 7.65. The molecule has 0 heterocycles. The molecule has 0 aromatic heterocycles. The highest BCUT2D eigenvalue weighted by Gasteiger charge is 2.17. The van der Waals surface area contributed by atoms with Gasteiger partial charge >= 0.3 is 0 Å². The number of rotatable bonds is 5. The maximum atomic E-state index is 11.8. The molecule has 0 aliphatic heterocycles. The van der Waals surface area contributed by atoms with Crippen molar-refractivity contribution in [1.82, 2.24) is 0 Å². The average molecular weight is 482 g/mol. The molecule has 0 saturated carbocycles. The molecule has 0 amide bonds. The van der Waals surface area contributed by atoms with Gasteiger partial charge < -0.3 is 5.73 Å². The van der Waals surface area contributed by atoms with E-state index < -0.39 is 10.1 Å². The van der Waals surface area contributed by atoms with E-state index in [4.69, 9.17) is 5.73 Å². The first kappa shape index (κ1) is 22.3. The van der Waals surface area contributed by atoms with Gasteiger partial charge in [0.15, 0.2) is 0 Å². The van der Waals surface area contributed by atoms with E-state index >= 15 is 0 Å². The fourth-order valence-corrected chi connectivity index (χ4v) is 4.58. The molecule has 172 valence electrons. The van der Waals surface area contributed by atoms with Gasteiger partial charge in [0.05, 0.1) is 22.7 Å². The number of nitrogens with zero attached hydrogens (tertiary/aromatic N) is 4. The first-order valence-electron chi connectivity index (χ1n) is 10.6. The molecule has 5 aromatic carbocycles. The summed E-state index contributed by atoms with van der Waals surface area (Å²) < 4.78 is 33.3. The Bertz CT molecular complexity index is 1730. The number of benzene rings is 5. The number of fused-ring (bicyclic) bond motifs is 2. The van der Waals surface area contributed by atoms with Crippen LogP contribution in [0.1, 0.15) is 0 Å². The molecule has 35 heavy (non-hydrogen) atoms. The minimum absolute atomic E-state index is 0.202. The summed E-state index contributed by atoms with van der Waals surface area (Å²) in [6.07, 6.45) is 0. The number of nitrogen functional groups attached to an aromatic ring is 1. The van der Waals surface area contributed by atoms with Crippen LogP contribution in [0.2, 0.25) is 0 Å². The Morgan fingerprint density at radius 1 is 0.571 bits per heavy atom. The van der Waals surface area contributed by atoms with Crippen LogP contribution < -0.4 is 5.73 Å². The topological polar surface area (TPSA) is 130 Å². The van der Waals surface area contributed by atoms with Crippen LogP contribution in [0.5, 0.6) is 0 Å². The molecule has 0 fully saturated rings. The summed E-state index contributed by atoms with van der Waals surface area (Å²) in [5.74, 6) is 0. The van der Waals surface area contributed by atoms with Gasteiger partial charge in [0.1, 0.15) is 4.90 Å². The zero-order valence-electron chi connectivity index (χ0n) is 18.3. The van der Waals surface area contributed by atoms with E-state index in [9.17, 15) is 13.0 Å². The molecule has 0 atom stereocenters. The van der Waals surface area contributed by atoms with Gasteiger partial charge in [-0.2, -0.15) is 13.5 Å². The van der Waals surface area contributed by atoms with E-state index in [0.29, 0.717) is 22.4 Å². The van der Waals surface area contributed by atoms with Crippen LogP contribution >= 0.6 is 0 Å². The lowest BCUT2D eigenvalue weighted by Crippen LogP contribution is -2.01. The largest absolute Gasteiger partial charge is 0.398 e. The molecule has 0 aliphatic rings. The number of nitrogens with two attached hydrogens (primary N) is 1. The van der Waals surface area contributed by atoms with E-state index in [1.165, 1.54) is 18.2 Å². The van der Waals surface area contributed by atoms with Gasteiger partial charge in [-0.25, -0.2) is 0 Å². The average Bonchev–Trinajstić information content (AvgIpc) is 2.87. The van der Waals surface area contributed by atoms with Gasteiger partial charge in [-0.3, -0.25) is 4.55 Å². The lowest BCUT2D eigenvalue weighted by atomic mass is 10.1. The fraction of sp³-hybridized carbons (Fsp3) is 0. The molecule has 5 aromatic rings. The van der Waals surface area contributed by atoms with Gasteiger partial charge in [0, 0.05) is 27.2 Å². The van der Waals surface area contributed by atoms with Crippen LogP contribution in [0.25, 0.3) is 21.5 Å². The first-order valence-corrected chi connectivity index (χ1v) is 12.0. The van der Waals surface area contributed by atoms with Crippen molar-refractivity contribution >= 4 is 60.1 Å². The van der Waals surface area contributed by atoms with E-state index in [2.05, 4.69) is 20.5 Å². The number of hydrogen-bond donors (Lipinski definition) is 2. The lowest BCUT2D eigenvalue weighted by Gasteiger charge is -2.09. The highest BCUT2D eigenvalue weighted by molar-refractivity contribution is 7.86. The third kappa shape index (κ3) is 4.50. The quantitative estimate of drug-likeness (QED) is 0.152. The van der Waals surface area contributed by atoms with Crippen molar-refractivity contribution in [3.63, 3.8) is 0 Å². The lowest BCUT2D eigenvalue weighted by molar-refractivity contribution is 0.484. The van der Waals surface area contributed by atoms with Gasteiger partial charge in [0.2, 0.25) is 0 Å². The molecule has 0 radical (unpaired) electrons.